The fourth-order valence-corrected chi connectivity index (χ4v) is 4.04. The SMILES string of the molecule is COc1cc(CNC(=O)c2ccc3c(=O)n4c(nc3c2)CCCCCC4)ccc1OC(F)F. The lowest BCUT2D eigenvalue weighted by molar-refractivity contribution is -0.0512. The maximum absolute atomic E-state index is 12.9. The summed E-state index contributed by atoms with van der Waals surface area (Å²) in [6.07, 6.45) is 4.92. The van der Waals surface area contributed by atoms with Gasteiger partial charge in [0.25, 0.3) is 11.5 Å². The van der Waals surface area contributed by atoms with Gasteiger partial charge >= 0.3 is 6.61 Å². The van der Waals surface area contributed by atoms with E-state index in [0.717, 1.165) is 37.9 Å². The number of aromatic nitrogens is 2. The average Bonchev–Trinajstić information content (AvgIpc) is 2.78. The number of rotatable bonds is 6. The van der Waals surface area contributed by atoms with Gasteiger partial charge in [0.2, 0.25) is 0 Å². The Hall–Kier alpha value is -3.49. The summed E-state index contributed by atoms with van der Waals surface area (Å²) in [4.78, 5) is 30.4. The molecule has 0 spiro atoms. The van der Waals surface area contributed by atoms with Crippen LogP contribution in [0.15, 0.2) is 41.2 Å². The summed E-state index contributed by atoms with van der Waals surface area (Å²) in [5.74, 6) is 0.499. The van der Waals surface area contributed by atoms with E-state index >= 15 is 0 Å². The van der Waals surface area contributed by atoms with E-state index in [0.29, 0.717) is 28.6 Å². The number of alkyl halides is 2. The van der Waals surface area contributed by atoms with E-state index in [9.17, 15) is 18.4 Å². The molecule has 0 saturated heterocycles. The number of carbonyl (C=O) groups is 1. The van der Waals surface area contributed by atoms with Gasteiger partial charge in [-0.25, -0.2) is 4.98 Å². The summed E-state index contributed by atoms with van der Waals surface area (Å²) in [5.41, 5.74) is 1.48. The van der Waals surface area contributed by atoms with Crippen LogP contribution in [0.5, 0.6) is 11.5 Å². The first-order chi connectivity index (χ1) is 16.0. The Bertz CT molecular complexity index is 1230. The van der Waals surface area contributed by atoms with Crippen molar-refractivity contribution in [1.29, 1.82) is 0 Å². The predicted octanol–water partition coefficient (Wildman–Crippen LogP) is 4.05. The molecule has 0 radical (unpaired) electrons. The lowest BCUT2D eigenvalue weighted by atomic mass is 10.1. The van der Waals surface area contributed by atoms with Crippen LogP contribution in [0.2, 0.25) is 0 Å². The van der Waals surface area contributed by atoms with Crippen molar-refractivity contribution < 1.29 is 23.0 Å². The van der Waals surface area contributed by atoms with Crippen LogP contribution in [0.25, 0.3) is 10.9 Å². The molecule has 1 aromatic heterocycles. The van der Waals surface area contributed by atoms with Crippen LogP contribution >= 0.6 is 0 Å². The molecule has 9 heteroatoms. The van der Waals surface area contributed by atoms with Crippen LogP contribution in [-0.2, 0) is 19.5 Å². The minimum Gasteiger partial charge on any atom is -0.493 e. The van der Waals surface area contributed by atoms with Gasteiger partial charge in [-0.15, -0.1) is 0 Å². The molecular formula is C24H25F2N3O4. The molecule has 0 bridgehead atoms. The molecule has 0 aliphatic carbocycles. The third-order valence-corrected chi connectivity index (χ3v) is 5.73. The lowest BCUT2D eigenvalue weighted by Crippen LogP contribution is -2.27. The standard InChI is InChI=1S/C24H25F2N3O4/c1-32-20-12-15(7-10-19(20)33-24(25)26)14-27-22(30)16-8-9-17-18(13-16)28-21-6-4-2-3-5-11-29(21)23(17)31/h7-10,12-13,24H,2-6,11,14H2,1H3,(H,27,30). The van der Waals surface area contributed by atoms with Crippen molar-refractivity contribution in [2.75, 3.05) is 7.11 Å². The van der Waals surface area contributed by atoms with Crippen molar-refractivity contribution in [1.82, 2.24) is 14.9 Å². The Morgan fingerprint density at radius 3 is 2.73 bits per heavy atom. The third-order valence-electron chi connectivity index (χ3n) is 5.73. The van der Waals surface area contributed by atoms with E-state index in [1.54, 1.807) is 28.8 Å². The molecule has 1 N–H and O–H groups in total. The van der Waals surface area contributed by atoms with Gasteiger partial charge in [-0.05, 0) is 48.7 Å². The maximum Gasteiger partial charge on any atom is 0.387 e. The van der Waals surface area contributed by atoms with Gasteiger partial charge in [-0.1, -0.05) is 18.9 Å². The number of benzene rings is 2. The fraction of sp³-hybridized carbons (Fsp3) is 0.375. The van der Waals surface area contributed by atoms with Crippen molar-refractivity contribution in [3.8, 4) is 11.5 Å². The van der Waals surface area contributed by atoms with Crippen molar-refractivity contribution >= 4 is 16.8 Å². The van der Waals surface area contributed by atoms with Gasteiger partial charge < -0.3 is 14.8 Å². The zero-order valence-electron chi connectivity index (χ0n) is 18.3. The number of halogens is 2. The highest BCUT2D eigenvalue weighted by Gasteiger charge is 2.16. The zero-order valence-corrected chi connectivity index (χ0v) is 18.3. The van der Waals surface area contributed by atoms with Gasteiger partial charge in [0.05, 0.1) is 18.0 Å². The maximum atomic E-state index is 12.9. The molecule has 1 aliphatic rings. The number of nitrogens with zero attached hydrogens (tertiary/aromatic N) is 2. The summed E-state index contributed by atoms with van der Waals surface area (Å²) in [6.45, 7) is -2.13. The van der Waals surface area contributed by atoms with Crippen molar-refractivity contribution in [2.24, 2.45) is 0 Å². The highest BCUT2D eigenvalue weighted by molar-refractivity contribution is 5.97. The molecule has 0 unspecified atom stereocenters. The summed E-state index contributed by atoms with van der Waals surface area (Å²) < 4.78 is 36.2. The smallest absolute Gasteiger partial charge is 0.387 e. The molecule has 33 heavy (non-hydrogen) atoms. The van der Waals surface area contributed by atoms with Gasteiger partial charge in [0, 0.05) is 25.1 Å². The van der Waals surface area contributed by atoms with E-state index in [-0.39, 0.29) is 29.5 Å². The Kier molecular flexibility index (Phi) is 6.86. The van der Waals surface area contributed by atoms with Gasteiger partial charge in [0.15, 0.2) is 11.5 Å². The number of aryl methyl sites for hydroxylation is 1. The molecule has 1 aliphatic heterocycles. The lowest BCUT2D eigenvalue weighted by Gasteiger charge is -2.16. The van der Waals surface area contributed by atoms with Crippen LogP contribution in [0.3, 0.4) is 0 Å². The Morgan fingerprint density at radius 1 is 1.12 bits per heavy atom. The second-order valence-electron chi connectivity index (χ2n) is 7.93. The molecule has 0 atom stereocenters. The van der Waals surface area contributed by atoms with E-state index in [1.165, 1.54) is 19.2 Å². The summed E-state index contributed by atoms with van der Waals surface area (Å²) in [7, 11) is 1.35. The Balaban J connectivity index is 1.52. The van der Waals surface area contributed by atoms with E-state index in [4.69, 9.17) is 4.74 Å². The van der Waals surface area contributed by atoms with Crippen molar-refractivity contribution in [3.63, 3.8) is 0 Å². The molecule has 174 valence electrons. The molecule has 4 rings (SSSR count). The minimum absolute atomic E-state index is 0.0675. The number of ether oxygens (including phenoxy) is 2. The second-order valence-corrected chi connectivity index (χ2v) is 7.93. The van der Waals surface area contributed by atoms with Crippen molar-refractivity contribution in [3.05, 3.63) is 63.7 Å². The summed E-state index contributed by atoms with van der Waals surface area (Å²) >= 11 is 0. The quantitative estimate of drug-likeness (QED) is 0.604. The zero-order chi connectivity index (χ0) is 23.4. The largest absolute Gasteiger partial charge is 0.493 e. The molecule has 0 saturated carbocycles. The van der Waals surface area contributed by atoms with Crippen LogP contribution in [0.4, 0.5) is 8.78 Å². The molecule has 0 fully saturated rings. The fourth-order valence-electron chi connectivity index (χ4n) is 4.04. The number of fused-ring (bicyclic) bond motifs is 2. The van der Waals surface area contributed by atoms with Crippen LogP contribution in [0.1, 0.15) is 47.4 Å². The van der Waals surface area contributed by atoms with E-state index in [1.807, 2.05) is 0 Å². The predicted molar refractivity (Wildman–Crippen MR) is 119 cm³/mol. The van der Waals surface area contributed by atoms with Crippen LogP contribution in [-0.4, -0.2) is 29.2 Å². The van der Waals surface area contributed by atoms with Crippen LogP contribution in [0, 0.1) is 0 Å². The number of carbonyl (C=O) groups excluding carboxylic acids is 1. The number of hydrogen-bond acceptors (Lipinski definition) is 5. The number of amides is 1. The highest BCUT2D eigenvalue weighted by atomic mass is 19.3. The van der Waals surface area contributed by atoms with Crippen LogP contribution < -0.4 is 20.3 Å². The Labute approximate surface area is 189 Å². The molecular weight excluding hydrogens is 432 g/mol. The number of hydrogen-bond donors (Lipinski definition) is 1. The van der Waals surface area contributed by atoms with Gasteiger partial charge in [0.1, 0.15) is 5.82 Å². The molecule has 3 aromatic rings. The second kappa shape index (κ2) is 9.97. The first-order valence-corrected chi connectivity index (χ1v) is 10.9. The third kappa shape index (κ3) is 5.13. The van der Waals surface area contributed by atoms with Crippen molar-refractivity contribution in [2.45, 2.75) is 51.8 Å². The molecule has 2 heterocycles. The molecule has 7 nitrogen and oxygen atoms in total. The molecule has 2 aromatic carbocycles. The summed E-state index contributed by atoms with van der Waals surface area (Å²) in [6, 6.07) is 9.35. The van der Waals surface area contributed by atoms with E-state index < -0.39 is 6.61 Å². The molecule has 1 amide bonds. The normalized spacial score (nSPS) is 13.8. The Morgan fingerprint density at radius 2 is 1.94 bits per heavy atom. The monoisotopic (exact) mass is 457 g/mol. The number of nitrogens with one attached hydrogen (secondary N) is 1. The first-order valence-electron chi connectivity index (χ1n) is 10.9. The topological polar surface area (TPSA) is 82.5 Å². The summed E-state index contributed by atoms with van der Waals surface area (Å²) in [5, 5.41) is 3.29. The van der Waals surface area contributed by atoms with Gasteiger partial charge in [-0.3, -0.25) is 14.2 Å². The van der Waals surface area contributed by atoms with Gasteiger partial charge in [-0.2, -0.15) is 8.78 Å². The average molecular weight is 457 g/mol. The van der Waals surface area contributed by atoms with E-state index in [2.05, 4.69) is 15.0 Å². The highest BCUT2D eigenvalue weighted by Crippen LogP contribution is 2.29. The minimum atomic E-state index is -2.96. The first kappa shape index (κ1) is 22.7. The number of methoxy groups -OCH3 is 1.